The molecule has 3 heterocycles. The smallest absolute Gasteiger partial charge is 0.405 e. The van der Waals surface area contributed by atoms with Crippen LogP contribution in [0.2, 0.25) is 0 Å². The summed E-state index contributed by atoms with van der Waals surface area (Å²) in [6, 6.07) is 4.43. The van der Waals surface area contributed by atoms with Crippen molar-refractivity contribution >= 4 is 44.6 Å². The Kier molecular flexibility index (Phi) is 9.67. The number of carboxylic acid groups (broad SMARTS) is 1. The quantitative estimate of drug-likeness (QED) is 0.306. The van der Waals surface area contributed by atoms with E-state index in [9.17, 15) is 37.5 Å². The van der Waals surface area contributed by atoms with Gasteiger partial charge in [0.1, 0.15) is 23.7 Å². The Hall–Kier alpha value is -4.47. The van der Waals surface area contributed by atoms with Gasteiger partial charge in [-0.25, -0.2) is 17.9 Å². The van der Waals surface area contributed by atoms with Gasteiger partial charge >= 0.3 is 6.09 Å². The lowest BCUT2D eigenvalue weighted by atomic mass is 9.88. The van der Waals surface area contributed by atoms with Gasteiger partial charge in [-0.3, -0.25) is 23.9 Å². The van der Waals surface area contributed by atoms with Crippen molar-refractivity contribution < 1.29 is 37.4 Å². The molecule has 0 bridgehead atoms. The Morgan fingerprint density at radius 2 is 1.82 bits per heavy atom. The van der Waals surface area contributed by atoms with Crippen molar-refractivity contribution in [2.45, 2.75) is 108 Å². The number of aromatic nitrogens is 2. The van der Waals surface area contributed by atoms with Crippen LogP contribution in [0, 0.1) is 17.8 Å². The fourth-order valence-corrected chi connectivity index (χ4v) is 8.71. The number of carbonyl (C=O) groups is 4. The van der Waals surface area contributed by atoms with E-state index in [1.807, 2.05) is 19.1 Å². The van der Waals surface area contributed by atoms with Crippen LogP contribution in [0.1, 0.15) is 72.6 Å². The maximum absolute atomic E-state index is 14.4. The van der Waals surface area contributed by atoms with E-state index in [1.165, 1.54) is 9.58 Å². The Balaban J connectivity index is 1.36. The molecule has 4 aliphatic rings. The summed E-state index contributed by atoms with van der Waals surface area (Å²) >= 11 is 0. The lowest BCUT2D eigenvalue weighted by Gasteiger charge is -2.32. The van der Waals surface area contributed by atoms with Gasteiger partial charge in [-0.2, -0.15) is 0 Å². The minimum absolute atomic E-state index is 0.0437. The van der Waals surface area contributed by atoms with Crippen molar-refractivity contribution in [1.82, 2.24) is 30.0 Å². The van der Waals surface area contributed by atoms with E-state index in [2.05, 4.69) is 20.5 Å². The third-order valence-electron chi connectivity index (χ3n) is 10.9. The lowest BCUT2D eigenvalue weighted by Crippen LogP contribution is -2.59. The SMILES string of the molecule is CCn1nc(O[C@@H]2C[C@H]3C(=O)N[C@]4(C(=O)NS(=O)(=O)C5(C)CC5)C[C@H]4/C=C\CC[C@H](C)C[C@@H](C)[C@H](NC(=O)O)C(=O)N3C2)c2ccccc2c1=O. The van der Waals surface area contributed by atoms with Gasteiger partial charge in [-0.15, -0.1) is 5.10 Å². The summed E-state index contributed by atoms with van der Waals surface area (Å²) in [5, 5.41) is 20.2. The molecule has 4 amide bonds. The van der Waals surface area contributed by atoms with Gasteiger partial charge in [-0.1, -0.05) is 38.1 Å². The zero-order valence-corrected chi connectivity index (χ0v) is 30.1. The van der Waals surface area contributed by atoms with Crippen LogP contribution in [0.5, 0.6) is 5.88 Å². The largest absolute Gasteiger partial charge is 0.471 e. The topological polar surface area (TPSA) is 206 Å². The minimum Gasteiger partial charge on any atom is -0.471 e. The highest BCUT2D eigenvalue weighted by Gasteiger charge is 2.63. The van der Waals surface area contributed by atoms with E-state index < -0.39 is 74.1 Å². The zero-order valence-electron chi connectivity index (χ0n) is 29.3. The number of nitrogens with zero attached hydrogens (tertiary/aromatic N) is 3. The molecule has 1 aromatic heterocycles. The Morgan fingerprint density at radius 1 is 1.12 bits per heavy atom. The van der Waals surface area contributed by atoms with Crippen LogP contribution in [-0.2, 0) is 31.0 Å². The molecule has 4 N–H and O–H groups in total. The number of sulfonamides is 1. The number of ether oxygens (including phenoxy) is 1. The molecule has 51 heavy (non-hydrogen) atoms. The second-order valence-corrected chi connectivity index (χ2v) is 17.1. The molecule has 0 unspecified atom stereocenters. The molecule has 7 atom stereocenters. The molecule has 15 nitrogen and oxygen atoms in total. The normalized spacial score (nSPS) is 31.3. The van der Waals surface area contributed by atoms with Crippen molar-refractivity contribution in [2.24, 2.45) is 17.8 Å². The van der Waals surface area contributed by atoms with Gasteiger partial charge in [0.05, 0.1) is 22.1 Å². The first-order valence-corrected chi connectivity index (χ1v) is 19.1. The van der Waals surface area contributed by atoms with Crippen LogP contribution in [0.4, 0.5) is 4.79 Å². The van der Waals surface area contributed by atoms with Crippen LogP contribution in [0.3, 0.4) is 0 Å². The maximum Gasteiger partial charge on any atom is 0.405 e. The third kappa shape index (κ3) is 7.06. The molecule has 6 rings (SSSR count). The maximum atomic E-state index is 14.4. The first kappa shape index (κ1) is 36.3. The highest BCUT2D eigenvalue weighted by atomic mass is 32.2. The number of aryl methyl sites for hydroxylation is 1. The first-order chi connectivity index (χ1) is 24.1. The predicted octanol–water partition coefficient (Wildman–Crippen LogP) is 2.29. The highest BCUT2D eigenvalue weighted by Crippen LogP contribution is 2.47. The van der Waals surface area contributed by atoms with Crippen LogP contribution in [0.15, 0.2) is 41.2 Å². The number of fused-ring (bicyclic) bond motifs is 3. The average molecular weight is 727 g/mol. The molecule has 16 heteroatoms. The number of hydrogen-bond acceptors (Lipinski definition) is 9. The zero-order chi connectivity index (χ0) is 36.9. The van der Waals surface area contributed by atoms with Crippen molar-refractivity contribution in [3.63, 3.8) is 0 Å². The van der Waals surface area contributed by atoms with Gasteiger partial charge in [0.25, 0.3) is 11.5 Å². The van der Waals surface area contributed by atoms with E-state index in [0.29, 0.717) is 36.5 Å². The molecule has 0 radical (unpaired) electrons. The standard InChI is InChI=1S/C35H46N6O9S/c1-5-41-30(43)25-13-9-8-12-24(25)29(38-41)50-23-17-26-28(42)37-35(32(45)39-51(48,49)34(4)14-15-34)18-22(35)11-7-6-10-20(2)16-21(3)27(36-33(46)47)31(44)40(26)19-23/h7-9,11-13,20-23,26-27,36H,5-6,10,14-19H2,1-4H3,(H,37,42)(H,39,45)(H,46,47)/b11-7-/t20-,21+,22+,23+,26-,27-,35+/m0/s1. The number of allylic oxidation sites excluding steroid dienone is 1. The summed E-state index contributed by atoms with van der Waals surface area (Å²) in [4.78, 5) is 68.7. The molecule has 2 aliphatic carbocycles. The highest BCUT2D eigenvalue weighted by molar-refractivity contribution is 7.91. The van der Waals surface area contributed by atoms with E-state index in [-0.39, 0.29) is 43.3 Å². The summed E-state index contributed by atoms with van der Waals surface area (Å²) in [6.45, 7) is 7.30. The number of hydrogen-bond donors (Lipinski definition) is 4. The number of carbonyl (C=O) groups excluding carboxylic acids is 3. The van der Waals surface area contributed by atoms with Crippen LogP contribution in [-0.4, -0.2) is 87.0 Å². The van der Waals surface area contributed by atoms with Crippen LogP contribution >= 0.6 is 0 Å². The fraction of sp³-hybridized carbons (Fsp3) is 0.600. The van der Waals surface area contributed by atoms with Crippen molar-refractivity contribution in [2.75, 3.05) is 6.54 Å². The average Bonchev–Trinajstić information content (AvgIpc) is 3.96. The Labute approximate surface area is 296 Å². The molecule has 0 spiro atoms. The van der Waals surface area contributed by atoms with Gasteiger partial charge in [-0.05, 0) is 76.3 Å². The fourth-order valence-electron chi connectivity index (χ4n) is 7.39. The second kappa shape index (κ2) is 13.6. The van der Waals surface area contributed by atoms with Crippen molar-refractivity contribution in [3.8, 4) is 5.88 Å². The molecule has 1 saturated heterocycles. The Morgan fingerprint density at radius 3 is 2.49 bits per heavy atom. The van der Waals surface area contributed by atoms with Gasteiger partial charge < -0.3 is 25.4 Å². The number of amides is 4. The van der Waals surface area contributed by atoms with E-state index in [1.54, 1.807) is 45.0 Å². The molecule has 276 valence electrons. The molecule has 2 aromatic rings. The van der Waals surface area contributed by atoms with Gasteiger partial charge in [0.2, 0.25) is 27.7 Å². The summed E-state index contributed by atoms with van der Waals surface area (Å²) in [5.74, 6) is -2.82. The number of benzene rings is 1. The third-order valence-corrected chi connectivity index (χ3v) is 13.1. The predicted molar refractivity (Wildman–Crippen MR) is 186 cm³/mol. The summed E-state index contributed by atoms with van der Waals surface area (Å²) in [7, 11) is -4.01. The summed E-state index contributed by atoms with van der Waals surface area (Å²) < 4.78 is 35.0. The summed E-state index contributed by atoms with van der Waals surface area (Å²) in [5.41, 5.74) is -1.86. The van der Waals surface area contributed by atoms with Crippen molar-refractivity contribution in [1.29, 1.82) is 0 Å². The second-order valence-electron chi connectivity index (χ2n) is 14.9. The van der Waals surface area contributed by atoms with Crippen LogP contribution < -0.4 is 25.7 Å². The monoisotopic (exact) mass is 726 g/mol. The van der Waals surface area contributed by atoms with E-state index in [0.717, 1.165) is 6.42 Å². The van der Waals surface area contributed by atoms with Crippen molar-refractivity contribution in [3.05, 3.63) is 46.8 Å². The molecular formula is C35H46N6O9S. The number of nitrogens with one attached hydrogen (secondary N) is 3. The molecule has 1 aromatic carbocycles. The summed E-state index contributed by atoms with van der Waals surface area (Å²) in [6.07, 6.45) is 4.40. The molecular weight excluding hydrogens is 680 g/mol. The molecule has 2 aliphatic heterocycles. The lowest BCUT2D eigenvalue weighted by molar-refractivity contribution is -0.142. The van der Waals surface area contributed by atoms with Gasteiger partial charge in [0, 0.05) is 18.9 Å². The number of rotatable bonds is 7. The van der Waals surface area contributed by atoms with E-state index >= 15 is 0 Å². The Bertz CT molecular complexity index is 1940. The molecule has 3 fully saturated rings. The van der Waals surface area contributed by atoms with E-state index in [4.69, 9.17) is 4.74 Å². The first-order valence-electron chi connectivity index (χ1n) is 17.6. The van der Waals surface area contributed by atoms with Crippen LogP contribution in [0.25, 0.3) is 10.8 Å². The molecule has 2 saturated carbocycles. The van der Waals surface area contributed by atoms with Gasteiger partial charge in [0.15, 0.2) is 0 Å². The minimum atomic E-state index is -4.01.